The van der Waals surface area contributed by atoms with E-state index in [1.165, 1.54) is 70.7 Å². The minimum atomic E-state index is 0.922. The van der Waals surface area contributed by atoms with Gasteiger partial charge in [-0.05, 0) is 89.6 Å². The zero-order valence-corrected chi connectivity index (χ0v) is 21.1. The number of fused-ring (bicyclic) bond motifs is 4. The highest BCUT2D eigenvalue weighted by molar-refractivity contribution is 6.25. The van der Waals surface area contributed by atoms with Crippen LogP contribution in [0.5, 0.6) is 0 Å². The molecule has 0 aliphatic heterocycles. The first-order valence-corrected chi connectivity index (χ1v) is 13.4. The Balaban J connectivity index is 1.29. The summed E-state index contributed by atoms with van der Waals surface area (Å²) in [7, 11) is 0. The Morgan fingerprint density at radius 3 is 1.82 bits per heavy atom. The van der Waals surface area contributed by atoms with E-state index in [1.807, 2.05) is 0 Å². The molecule has 0 aliphatic rings. The average molecular weight is 495 g/mol. The molecule has 39 heavy (non-hydrogen) atoms. The summed E-state index contributed by atoms with van der Waals surface area (Å²) in [5.74, 6) is 0. The molecular weight excluding hydrogens is 472 g/mol. The molecule has 0 spiro atoms. The Bertz CT molecular complexity index is 2370. The lowest BCUT2D eigenvalue weighted by Gasteiger charge is -2.15. The lowest BCUT2D eigenvalue weighted by molar-refractivity contribution is 0.669. The van der Waals surface area contributed by atoms with Crippen molar-refractivity contribution in [1.82, 2.24) is 0 Å². The van der Waals surface area contributed by atoms with Gasteiger partial charge in [0.1, 0.15) is 11.2 Å². The molecule has 9 aromatic rings. The van der Waals surface area contributed by atoms with Gasteiger partial charge in [0, 0.05) is 10.8 Å². The van der Waals surface area contributed by atoms with Crippen LogP contribution in [0.3, 0.4) is 0 Å². The van der Waals surface area contributed by atoms with Gasteiger partial charge in [-0.1, -0.05) is 109 Å². The van der Waals surface area contributed by atoms with E-state index >= 15 is 0 Å². The molecule has 0 atom stereocenters. The van der Waals surface area contributed by atoms with Crippen molar-refractivity contribution in [2.24, 2.45) is 0 Å². The summed E-state index contributed by atoms with van der Waals surface area (Å²) in [5.41, 5.74) is 6.73. The number of hydrogen-bond donors (Lipinski definition) is 0. The van der Waals surface area contributed by atoms with Crippen molar-refractivity contribution in [2.45, 2.75) is 0 Å². The minimum Gasteiger partial charge on any atom is -0.456 e. The average Bonchev–Trinajstić information content (AvgIpc) is 3.36. The quantitative estimate of drug-likeness (QED) is 0.218. The molecular formula is C38H22O. The highest BCUT2D eigenvalue weighted by atomic mass is 16.3. The van der Waals surface area contributed by atoms with Gasteiger partial charge in [0.2, 0.25) is 0 Å². The lowest BCUT2D eigenvalue weighted by Crippen LogP contribution is -1.88. The van der Waals surface area contributed by atoms with Crippen LogP contribution in [0.2, 0.25) is 0 Å². The summed E-state index contributed by atoms with van der Waals surface area (Å²) >= 11 is 0. The van der Waals surface area contributed by atoms with E-state index in [9.17, 15) is 0 Å². The summed E-state index contributed by atoms with van der Waals surface area (Å²) in [4.78, 5) is 0. The van der Waals surface area contributed by atoms with Crippen LogP contribution in [-0.2, 0) is 0 Å². The summed E-state index contributed by atoms with van der Waals surface area (Å²) in [6, 6.07) is 48.4. The Kier molecular flexibility index (Phi) is 4.11. The standard InChI is InChI=1S/C38H22O/c1-2-7-27-22-35-33(21-26(27)6-1)38-31(12-5-13-34(38)39-35)29-11-4-10-28(20-29)30-18-16-25-15-14-23-8-3-9-24-17-19-32(30)37(25)36(23)24/h1-22H. The summed E-state index contributed by atoms with van der Waals surface area (Å²) < 4.78 is 6.36. The molecule has 8 aromatic carbocycles. The largest absolute Gasteiger partial charge is 0.456 e. The predicted octanol–water partition coefficient (Wildman–Crippen LogP) is 11.0. The molecule has 0 amide bonds. The van der Waals surface area contributed by atoms with E-state index in [0.29, 0.717) is 0 Å². The van der Waals surface area contributed by atoms with Crippen molar-refractivity contribution in [3.05, 3.63) is 133 Å². The zero-order valence-electron chi connectivity index (χ0n) is 21.1. The summed E-state index contributed by atoms with van der Waals surface area (Å²) in [5, 5.41) is 12.6. The number of benzene rings is 8. The van der Waals surface area contributed by atoms with Crippen molar-refractivity contribution in [3.63, 3.8) is 0 Å². The third kappa shape index (κ3) is 2.96. The second kappa shape index (κ2) is 7.69. The molecule has 0 radical (unpaired) electrons. The molecule has 9 rings (SSSR count). The van der Waals surface area contributed by atoms with Crippen LogP contribution in [0.4, 0.5) is 0 Å². The first-order chi connectivity index (χ1) is 19.3. The van der Waals surface area contributed by atoms with Gasteiger partial charge >= 0.3 is 0 Å². The first-order valence-electron chi connectivity index (χ1n) is 13.4. The fourth-order valence-electron chi connectivity index (χ4n) is 6.59. The monoisotopic (exact) mass is 494 g/mol. The van der Waals surface area contributed by atoms with Gasteiger partial charge < -0.3 is 4.42 Å². The molecule has 1 aromatic heterocycles. The molecule has 1 nitrogen and oxygen atoms in total. The van der Waals surface area contributed by atoms with Crippen molar-refractivity contribution in [3.8, 4) is 22.3 Å². The number of furan rings is 1. The van der Waals surface area contributed by atoms with Gasteiger partial charge in [-0.2, -0.15) is 0 Å². The minimum absolute atomic E-state index is 0.922. The normalized spacial score (nSPS) is 12.1. The van der Waals surface area contributed by atoms with E-state index in [0.717, 1.165) is 16.6 Å². The second-order valence-corrected chi connectivity index (χ2v) is 10.5. The van der Waals surface area contributed by atoms with Crippen LogP contribution in [0, 0.1) is 0 Å². The molecule has 180 valence electrons. The molecule has 1 heterocycles. The van der Waals surface area contributed by atoms with E-state index < -0.39 is 0 Å². The molecule has 0 aliphatic carbocycles. The van der Waals surface area contributed by atoms with Crippen LogP contribution in [-0.4, -0.2) is 0 Å². The highest BCUT2D eigenvalue weighted by Crippen LogP contribution is 2.42. The van der Waals surface area contributed by atoms with E-state index in [1.54, 1.807) is 0 Å². The maximum Gasteiger partial charge on any atom is 0.136 e. The fraction of sp³-hybridized carbons (Fsp3) is 0. The van der Waals surface area contributed by atoms with Crippen LogP contribution < -0.4 is 0 Å². The van der Waals surface area contributed by atoms with Gasteiger partial charge in [-0.25, -0.2) is 0 Å². The maximum absolute atomic E-state index is 6.36. The predicted molar refractivity (Wildman–Crippen MR) is 166 cm³/mol. The van der Waals surface area contributed by atoms with Crippen LogP contribution in [0.25, 0.3) is 87.3 Å². The number of rotatable bonds is 2. The van der Waals surface area contributed by atoms with Gasteiger partial charge in [0.15, 0.2) is 0 Å². The molecule has 0 fully saturated rings. The van der Waals surface area contributed by atoms with E-state index in [4.69, 9.17) is 4.42 Å². The fourth-order valence-corrected chi connectivity index (χ4v) is 6.59. The zero-order chi connectivity index (χ0) is 25.5. The van der Waals surface area contributed by atoms with Crippen molar-refractivity contribution >= 4 is 65.0 Å². The van der Waals surface area contributed by atoms with Crippen LogP contribution in [0.1, 0.15) is 0 Å². The van der Waals surface area contributed by atoms with Gasteiger partial charge in [0.05, 0.1) is 0 Å². The second-order valence-electron chi connectivity index (χ2n) is 10.5. The van der Waals surface area contributed by atoms with Crippen molar-refractivity contribution in [2.75, 3.05) is 0 Å². The molecule has 0 bridgehead atoms. The molecule has 0 unspecified atom stereocenters. The number of hydrogen-bond acceptors (Lipinski definition) is 1. The Morgan fingerprint density at radius 1 is 0.333 bits per heavy atom. The maximum atomic E-state index is 6.36. The summed E-state index contributed by atoms with van der Waals surface area (Å²) in [6.45, 7) is 0. The topological polar surface area (TPSA) is 13.1 Å². The van der Waals surface area contributed by atoms with Crippen LogP contribution in [0.15, 0.2) is 138 Å². The Hall–Kier alpha value is -5.14. The molecule has 0 saturated carbocycles. The van der Waals surface area contributed by atoms with Gasteiger partial charge in [0.25, 0.3) is 0 Å². The summed E-state index contributed by atoms with van der Waals surface area (Å²) in [6.07, 6.45) is 0. The first kappa shape index (κ1) is 20.9. The molecule has 1 heteroatoms. The van der Waals surface area contributed by atoms with E-state index in [2.05, 4.69) is 133 Å². The Labute approximate surface area is 224 Å². The third-order valence-electron chi connectivity index (χ3n) is 8.38. The van der Waals surface area contributed by atoms with Crippen molar-refractivity contribution in [1.29, 1.82) is 0 Å². The van der Waals surface area contributed by atoms with Gasteiger partial charge in [-0.15, -0.1) is 0 Å². The lowest BCUT2D eigenvalue weighted by atomic mass is 9.89. The van der Waals surface area contributed by atoms with E-state index in [-0.39, 0.29) is 0 Å². The van der Waals surface area contributed by atoms with Gasteiger partial charge in [-0.3, -0.25) is 0 Å². The third-order valence-corrected chi connectivity index (χ3v) is 8.38. The SMILES string of the molecule is c1cc(-c2ccc3ccc4cccc5ccc2c3c45)cc(-c2cccc3oc4cc5ccccc5cc4c23)c1. The Morgan fingerprint density at radius 2 is 0.974 bits per heavy atom. The van der Waals surface area contributed by atoms with Crippen LogP contribution >= 0.6 is 0 Å². The molecule has 0 N–H and O–H groups in total. The highest BCUT2D eigenvalue weighted by Gasteiger charge is 2.16. The molecule has 0 saturated heterocycles. The van der Waals surface area contributed by atoms with Crippen molar-refractivity contribution < 1.29 is 4.42 Å². The smallest absolute Gasteiger partial charge is 0.136 e.